The van der Waals surface area contributed by atoms with Crippen LogP contribution in [0.15, 0.2) is 41.3 Å². The van der Waals surface area contributed by atoms with Crippen LogP contribution in [0.3, 0.4) is 0 Å². The van der Waals surface area contributed by atoms with E-state index in [-0.39, 0.29) is 47.3 Å². The molecule has 4 rings (SSSR count). The number of sulfonamides is 1. The van der Waals surface area contributed by atoms with Crippen LogP contribution in [0.25, 0.3) is 0 Å². The lowest BCUT2D eigenvalue weighted by Gasteiger charge is -2.33. The van der Waals surface area contributed by atoms with E-state index in [1.807, 2.05) is 0 Å². The lowest BCUT2D eigenvalue weighted by atomic mass is 9.89. The number of halogens is 2. The largest absolute Gasteiger partial charge is 0.496 e. The fourth-order valence-corrected chi connectivity index (χ4v) is 7.02. The van der Waals surface area contributed by atoms with E-state index in [9.17, 15) is 27.6 Å². The fourth-order valence-electron chi connectivity index (χ4n) is 5.18. The number of likely N-dealkylation sites (tertiary alicyclic amines) is 1. The summed E-state index contributed by atoms with van der Waals surface area (Å²) in [6, 6.07) is 8.51. The summed E-state index contributed by atoms with van der Waals surface area (Å²) >= 11 is 12.5. The van der Waals surface area contributed by atoms with Crippen molar-refractivity contribution in [1.82, 2.24) is 14.5 Å². The van der Waals surface area contributed by atoms with E-state index >= 15 is 0 Å². The molecule has 2 fully saturated rings. The molecule has 2 saturated heterocycles. The van der Waals surface area contributed by atoms with E-state index in [0.717, 1.165) is 6.07 Å². The van der Waals surface area contributed by atoms with Gasteiger partial charge in [0, 0.05) is 36.1 Å². The second-order valence-electron chi connectivity index (χ2n) is 11.8. The van der Waals surface area contributed by atoms with E-state index in [1.165, 1.54) is 24.1 Å². The van der Waals surface area contributed by atoms with Crippen LogP contribution in [0, 0.1) is 11.8 Å². The second kappa shape index (κ2) is 13.3. The van der Waals surface area contributed by atoms with Crippen LogP contribution >= 0.6 is 23.2 Å². The second-order valence-corrected chi connectivity index (χ2v) is 14.5. The first-order valence-corrected chi connectivity index (χ1v) is 16.3. The van der Waals surface area contributed by atoms with Crippen molar-refractivity contribution in [3.05, 3.63) is 57.6 Å². The Morgan fingerprint density at radius 3 is 2.36 bits per heavy atom. The smallest absolute Gasteiger partial charge is 0.410 e. The van der Waals surface area contributed by atoms with Gasteiger partial charge in [-0.1, -0.05) is 23.2 Å². The van der Waals surface area contributed by atoms with Gasteiger partial charge in [-0.05, 0) is 82.0 Å². The maximum absolute atomic E-state index is 13.8. The van der Waals surface area contributed by atoms with Crippen LogP contribution in [0.2, 0.25) is 10.0 Å². The summed E-state index contributed by atoms with van der Waals surface area (Å²) in [6.45, 7) is 5.07. The molecule has 0 saturated carbocycles. The summed E-state index contributed by atoms with van der Waals surface area (Å²) in [5.41, 5.74) is -0.0971. The number of benzene rings is 2. The van der Waals surface area contributed by atoms with Crippen molar-refractivity contribution >= 4 is 56.9 Å². The molecule has 0 spiro atoms. The maximum atomic E-state index is 13.8. The molecule has 3 amide bonds. The molecular formula is C30H35Cl2N3O8S. The first kappa shape index (κ1) is 33.5. The lowest BCUT2D eigenvalue weighted by Crippen LogP contribution is -2.43. The van der Waals surface area contributed by atoms with Gasteiger partial charge in [-0.15, -0.1) is 0 Å². The topological polar surface area (TPSA) is 139 Å². The van der Waals surface area contributed by atoms with Gasteiger partial charge in [-0.25, -0.2) is 17.5 Å². The number of carbonyl (C=O) groups is 4. The minimum absolute atomic E-state index is 0.0182. The van der Waals surface area contributed by atoms with Gasteiger partial charge in [-0.2, -0.15) is 0 Å². The molecule has 2 heterocycles. The van der Waals surface area contributed by atoms with Gasteiger partial charge in [0.15, 0.2) is 5.78 Å². The van der Waals surface area contributed by atoms with Crippen molar-refractivity contribution in [3.63, 3.8) is 0 Å². The third kappa shape index (κ3) is 7.65. The standard InChI is InChI=1S/C30H35Cl2N3O8S/c1-30(2,3)43-29(39)34-11-9-18(10-12-34)27(37)23-15-22(6-7-24(23)32)44(40,41)35-17-26(36)33-16-20(28(35)38)13-19-14-21(31)5-8-25(19)42-4/h5-8,14-15,18,20H,9-13,16-17H2,1-4H3,(H,33,36). The van der Waals surface area contributed by atoms with Crippen LogP contribution in [0.4, 0.5) is 4.79 Å². The SMILES string of the molecule is COc1ccc(Cl)cc1CC1CNC(=O)CN(S(=O)(=O)c2ccc(Cl)c(C(=O)C3CCN(C(=O)OC(C)(C)C)CC3)c2)C1=O. The van der Waals surface area contributed by atoms with Gasteiger partial charge in [-0.3, -0.25) is 14.4 Å². The van der Waals surface area contributed by atoms with Crippen molar-refractivity contribution in [1.29, 1.82) is 0 Å². The first-order chi connectivity index (χ1) is 20.6. The molecule has 2 aliphatic heterocycles. The van der Waals surface area contributed by atoms with Crippen molar-refractivity contribution in [2.45, 2.75) is 50.5 Å². The normalized spacial score (nSPS) is 18.5. The zero-order valence-corrected chi connectivity index (χ0v) is 27.2. The summed E-state index contributed by atoms with van der Waals surface area (Å²) in [5, 5.41) is 3.06. The van der Waals surface area contributed by atoms with E-state index in [2.05, 4.69) is 5.32 Å². The number of piperidine rings is 1. The minimum atomic E-state index is -4.57. The molecule has 2 aliphatic rings. The number of ether oxygens (including phenoxy) is 2. The molecule has 14 heteroatoms. The molecule has 1 atom stereocenters. The maximum Gasteiger partial charge on any atom is 0.410 e. The number of carbonyl (C=O) groups excluding carboxylic acids is 4. The number of Topliss-reactive ketones (excluding diaryl/α,β-unsaturated/α-hetero) is 1. The number of nitrogens with zero attached hydrogens (tertiary/aromatic N) is 2. The lowest BCUT2D eigenvalue weighted by molar-refractivity contribution is -0.131. The molecule has 2 aromatic carbocycles. The zero-order valence-electron chi connectivity index (χ0n) is 24.9. The average Bonchev–Trinajstić information content (AvgIpc) is 3.10. The minimum Gasteiger partial charge on any atom is -0.496 e. The summed E-state index contributed by atoms with van der Waals surface area (Å²) in [7, 11) is -3.11. The van der Waals surface area contributed by atoms with E-state index in [0.29, 0.717) is 33.5 Å². The predicted molar refractivity (Wildman–Crippen MR) is 163 cm³/mol. The molecule has 0 bridgehead atoms. The quantitative estimate of drug-likeness (QED) is 0.430. The predicted octanol–water partition coefficient (Wildman–Crippen LogP) is 4.34. The van der Waals surface area contributed by atoms with E-state index < -0.39 is 51.9 Å². The average molecular weight is 669 g/mol. The number of methoxy groups -OCH3 is 1. The van der Waals surface area contributed by atoms with Crippen LogP contribution in [-0.4, -0.2) is 80.2 Å². The van der Waals surface area contributed by atoms with Crippen molar-refractivity contribution in [2.24, 2.45) is 11.8 Å². The Kier molecular flexibility index (Phi) is 10.2. The highest BCUT2D eigenvalue weighted by Gasteiger charge is 2.39. The molecule has 1 unspecified atom stereocenters. The van der Waals surface area contributed by atoms with Crippen LogP contribution in [0.5, 0.6) is 5.75 Å². The molecule has 238 valence electrons. The number of rotatable bonds is 7. The van der Waals surface area contributed by atoms with Gasteiger partial charge in [0.05, 0.1) is 22.9 Å². The van der Waals surface area contributed by atoms with Crippen LogP contribution in [-0.2, 0) is 30.8 Å². The summed E-state index contributed by atoms with van der Waals surface area (Å²) in [5.74, 6) is -2.79. The molecule has 0 radical (unpaired) electrons. The summed E-state index contributed by atoms with van der Waals surface area (Å²) in [6.07, 6.45) is 0.268. The van der Waals surface area contributed by atoms with Crippen molar-refractivity contribution in [3.8, 4) is 5.75 Å². The van der Waals surface area contributed by atoms with Crippen molar-refractivity contribution < 1.29 is 37.1 Å². The monoisotopic (exact) mass is 667 g/mol. The van der Waals surface area contributed by atoms with Crippen LogP contribution in [0.1, 0.15) is 49.5 Å². The molecular weight excluding hydrogens is 633 g/mol. The number of hydrogen-bond acceptors (Lipinski definition) is 8. The molecule has 11 nitrogen and oxygen atoms in total. The first-order valence-electron chi connectivity index (χ1n) is 14.1. The molecule has 0 aliphatic carbocycles. The third-order valence-corrected chi connectivity index (χ3v) is 9.75. The van der Waals surface area contributed by atoms with Gasteiger partial charge < -0.3 is 19.7 Å². The Hall–Kier alpha value is -3.35. The zero-order chi connectivity index (χ0) is 32.4. The number of nitrogens with one attached hydrogen (secondary N) is 1. The Labute approximate surface area is 266 Å². The van der Waals surface area contributed by atoms with Crippen LogP contribution < -0.4 is 10.1 Å². The Morgan fingerprint density at radius 2 is 1.73 bits per heavy atom. The summed E-state index contributed by atoms with van der Waals surface area (Å²) < 4.78 is 39.0. The Bertz CT molecular complexity index is 1570. The molecule has 44 heavy (non-hydrogen) atoms. The fraction of sp³-hybridized carbons (Fsp3) is 0.467. The Balaban J connectivity index is 1.55. The highest BCUT2D eigenvalue weighted by Crippen LogP contribution is 2.31. The summed E-state index contributed by atoms with van der Waals surface area (Å²) in [4.78, 5) is 53.3. The highest BCUT2D eigenvalue weighted by molar-refractivity contribution is 7.89. The molecule has 1 N–H and O–H groups in total. The van der Waals surface area contributed by atoms with Gasteiger partial charge in [0.1, 0.15) is 17.9 Å². The van der Waals surface area contributed by atoms with Crippen molar-refractivity contribution in [2.75, 3.05) is 33.3 Å². The van der Waals surface area contributed by atoms with Gasteiger partial charge in [0.2, 0.25) is 11.8 Å². The van der Waals surface area contributed by atoms with E-state index in [1.54, 1.807) is 39.0 Å². The van der Waals surface area contributed by atoms with E-state index in [4.69, 9.17) is 32.7 Å². The van der Waals surface area contributed by atoms with Gasteiger partial charge >= 0.3 is 6.09 Å². The number of ketones is 1. The number of amides is 3. The van der Waals surface area contributed by atoms with Gasteiger partial charge in [0.25, 0.3) is 10.0 Å². The molecule has 2 aromatic rings. The number of hydrogen-bond donors (Lipinski definition) is 1. The molecule has 0 aromatic heterocycles. The Morgan fingerprint density at radius 1 is 1.05 bits per heavy atom. The highest BCUT2D eigenvalue weighted by atomic mass is 35.5. The third-order valence-electron chi connectivity index (χ3n) is 7.45.